The van der Waals surface area contributed by atoms with Gasteiger partial charge < -0.3 is 5.11 Å². The van der Waals surface area contributed by atoms with E-state index in [1.807, 2.05) is 30.3 Å². The number of carbonyl (C=O) groups excluding carboxylic acids is 1. The number of benzene rings is 2. The van der Waals surface area contributed by atoms with Crippen LogP contribution in [0.4, 0.5) is 0 Å². The molecule has 0 radical (unpaired) electrons. The summed E-state index contributed by atoms with van der Waals surface area (Å²) in [5, 5.41) is 11.3. The van der Waals surface area contributed by atoms with Gasteiger partial charge in [0, 0.05) is 14.6 Å². The average Bonchev–Trinajstić information content (AvgIpc) is 2.90. The Labute approximate surface area is 130 Å². The van der Waals surface area contributed by atoms with Gasteiger partial charge in [-0.25, -0.2) is 0 Å². The first-order valence-corrected chi connectivity index (χ1v) is 7.52. The van der Waals surface area contributed by atoms with E-state index in [1.54, 1.807) is 23.5 Å². The van der Waals surface area contributed by atoms with E-state index in [9.17, 15) is 9.90 Å². The Hall–Kier alpha value is -2.10. The number of allylic oxidation sites excluding steroid dienone is 1. The normalized spacial score (nSPS) is 11.3. The molecule has 2 nitrogen and oxygen atoms in total. The number of rotatable bonds is 3. The van der Waals surface area contributed by atoms with Crippen molar-refractivity contribution < 1.29 is 9.90 Å². The van der Waals surface area contributed by atoms with Gasteiger partial charge in [-0.2, -0.15) is 0 Å². The van der Waals surface area contributed by atoms with E-state index in [-0.39, 0.29) is 17.1 Å². The van der Waals surface area contributed by atoms with Gasteiger partial charge in [0.25, 0.3) is 0 Å². The van der Waals surface area contributed by atoms with Crippen LogP contribution in [0.3, 0.4) is 0 Å². The van der Waals surface area contributed by atoms with Crippen molar-refractivity contribution in [2.75, 3.05) is 0 Å². The van der Waals surface area contributed by atoms with Crippen LogP contribution in [0, 0.1) is 0 Å². The number of phenolic OH excluding ortho intramolecular Hbond substituents is 1. The van der Waals surface area contributed by atoms with Crippen molar-refractivity contribution in [1.29, 1.82) is 0 Å². The van der Waals surface area contributed by atoms with Crippen molar-refractivity contribution in [2.45, 2.75) is 0 Å². The maximum absolute atomic E-state index is 12.1. The molecule has 1 heterocycles. The molecule has 0 bridgehead atoms. The number of hydrogen-bond acceptors (Lipinski definition) is 3. The molecule has 104 valence electrons. The van der Waals surface area contributed by atoms with Gasteiger partial charge in [-0.05, 0) is 47.9 Å². The molecule has 0 amide bonds. The first-order chi connectivity index (χ1) is 10.1. The molecule has 0 spiro atoms. The summed E-state index contributed by atoms with van der Waals surface area (Å²) in [4.78, 5) is 13.1. The zero-order chi connectivity index (χ0) is 14.8. The van der Waals surface area contributed by atoms with Crippen LogP contribution in [0.15, 0.2) is 54.6 Å². The largest absolute Gasteiger partial charge is 0.507 e. The van der Waals surface area contributed by atoms with Crippen LogP contribution in [0.25, 0.3) is 16.2 Å². The molecule has 1 N–H and O–H groups in total. The van der Waals surface area contributed by atoms with E-state index in [0.29, 0.717) is 5.02 Å². The Morgan fingerprint density at radius 1 is 1.14 bits per heavy atom. The number of aromatic hydroxyl groups is 1. The highest BCUT2D eigenvalue weighted by molar-refractivity contribution is 7.19. The summed E-state index contributed by atoms with van der Waals surface area (Å²) in [7, 11) is 0. The maximum atomic E-state index is 12.1. The fraction of sp³-hybridized carbons (Fsp3) is 0. The summed E-state index contributed by atoms with van der Waals surface area (Å²) in [6, 6.07) is 14.5. The number of hydrogen-bond donors (Lipinski definition) is 1. The third-order valence-electron chi connectivity index (χ3n) is 3.07. The predicted molar refractivity (Wildman–Crippen MR) is 88.3 cm³/mol. The van der Waals surface area contributed by atoms with Crippen molar-refractivity contribution in [3.05, 3.63) is 70.1 Å². The quantitative estimate of drug-likeness (QED) is 0.536. The molecule has 0 fully saturated rings. The molecule has 1 aromatic heterocycles. The van der Waals surface area contributed by atoms with Gasteiger partial charge in [0.15, 0.2) is 5.78 Å². The maximum Gasteiger partial charge on any atom is 0.189 e. The van der Waals surface area contributed by atoms with Crippen molar-refractivity contribution in [1.82, 2.24) is 0 Å². The molecule has 3 aromatic rings. The molecule has 0 saturated carbocycles. The minimum atomic E-state index is -0.271. The van der Waals surface area contributed by atoms with Crippen LogP contribution in [0.5, 0.6) is 5.75 Å². The molecule has 0 saturated heterocycles. The molecule has 0 atom stereocenters. The van der Waals surface area contributed by atoms with Gasteiger partial charge in [-0.3, -0.25) is 4.79 Å². The molecule has 0 unspecified atom stereocenters. The van der Waals surface area contributed by atoms with Gasteiger partial charge in [0.05, 0.1) is 5.56 Å². The molecule has 2 aromatic carbocycles. The molecule has 4 heteroatoms. The molecule has 0 aliphatic rings. The van der Waals surface area contributed by atoms with E-state index in [1.165, 1.54) is 22.9 Å². The van der Waals surface area contributed by atoms with E-state index in [0.717, 1.165) is 10.3 Å². The summed E-state index contributed by atoms with van der Waals surface area (Å²) < 4.78 is 1.18. The Morgan fingerprint density at radius 2 is 1.95 bits per heavy atom. The van der Waals surface area contributed by atoms with Gasteiger partial charge >= 0.3 is 0 Å². The van der Waals surface area contributed by atoms with Crippen LogP contribution < -0.4 is 0 Å². The third kappa shape index (κ3) is 2.99. The minimum absolute atomic E-state index is 0.0645. The fourth-order valence-corrected chi connectivity index (χ4v) is 3.18. The predicted octanol–water partition coefficient (Wildman–Crippen LogP) is 5.16. The first-order valence-electron chi connectivity index (χ1n) is 6.33. The van der Waals surface area contributed by atoms with Gasteiger partial charge in [-0.15, -0.1) is 11.3 Å². The van der Waals surface area contributed by atoms with Crippen LogP contribution in [0.2, 0.25) is 5.02 Å². The lowest BCUT2D eigenvalue weighted by Crippen LogP contribution is -1.94. The Balaban J connectivity index is 1.88. The zero-order valence-electron chi connectivity index (χ0n) is 10.9. The lowest BCUT2D eigenvalue weighted by Gasteiger charge is -2.00. The average molecular weight is 315 g/mol. The van der Waals surface area contributed by atoms with Crippen LogP contribution in [-0.2, 0) is 0 Å². The van der Waals surface area contributed by atoms with Crippen molar-refractivity contribution >= 4 is 44.9 Å². The monoisotopic (exact) mass is 314 g/mol. The smallest absolute Gasteiger partial charge is 0.189 e. The molecular weight excluding hydrogens is 304 g/mol. The molecule has 0 aliphatic heterocycles. The van der Waals surface area contributed by atoms with E-state index < -0.39 is 0 Å². The SMILES string of the molecule is O=C(C=Cc1cc2ccccc2s1)c1cc(Cl)ccc1O. The summed E-state index contributed by atoms with van der Waals surface area (Å²) in [5.74, 6) is -0.335. The van der Waals surface area contributed by atoms with Gasteiger partial charge in [-0.1, -0.05) is 29.8 Å². The van der Waals surface area contributed by atoms with E-state index in [2.05, 4.69) is 0 Å². The molecule has 3 rings (SSSR count). The topological polar surface area (TPSA) is 37.3 Å². The highest BCUT2D eigenvalue weighted by Gasteiger charge is 2.09. The van der Waals surface area contributed by atoms with Gasteiger partial charge in [0.1, 0.15) is 5.75 Å². The van der Waals surface area contributed by atoms with Crippen molar-refractivity contribution in [3.63, 3.8) is 0 Å². The van der Waals surface area contributed by atoms with Crippen LogP contribution in [0.1, 0.15) is 15.2 Å². The molecular formula is C17H11ClO2S. The van der Waals surface area contributed by atoms with Crippen LogP contribution >= 0.6 is 22.9 Å². The summed E-state index contributed by atoms with van der Waals surface area (Å²) in [5.41, 5.74) is 0.208. The highest BCUT2D eigenvalue weighted by atomic mass is 35.5. The van der Waals surface area contributed by atoms with E-state index >= 15 is 0 Å². The number of carbonyl (C=O) groups is 1. The minimum Gasteiger partial charge on any atom is -0.507 e. The summed E-state index contributed by atoms with van der Waals surface area (Å²) in [6.07, 6.45) is 3.21. The fourth-order valence-electron chi connectivity index (χ4n) is 2.04. The zero-order valence-corrected chi connectivity index (χ0v) is 12.5. The Kier molecular flexibility index (Phi) is 3.78. The lowest BCUT2D eigenvalue weighted by molar-refractivity contribution is 0.104. The number of phenols is 1. The second-order valence-corrected chi connectivity index (χ2v) is 6.10. The standard InChI is InChI=1S/C17H11ClO2S/c18-12-5-7-15(19)14(10-12)16(20)8-6-13-9-11-3-1-2-4-17(11)21-13/h1-10,19H. The van der Waals surface area contributed by atoms with E-state index in [4.69, 9.17) is 11.6 Å². The third-order valence-corrected chi connectivity index (χ3v) is 4.38. The second kappa shape index (κ2) is 5.72. The number of thiophene rings is 1. The lowest BCUT2D eigenvalue weighted by atomic mass is 10.1. The summed E-state index contributed by atoms with van der Waals surface area (Å²) >= 11 is 7.46. The van der Waals surface area contributed by atoms with Crippen molar-refractivity contribution in [3.8, 4) is 5.75 Å². The number of halogens is 1. The van der Waals surface area contributed by atoms with Gasteiger partial charge in [0.2, 0.25) is 0 Å². The first kappa shape index (κ1) is 13.9. The Bertz CT molecular complexity index is 816. The Morgan fingerprint density at radius 3 is 2.76 bits per heavy atom. The second-order valence-electron chi connectivity index (χ2n) is 4.55. The molecule has 0 aliphatic carbocycles. The number of fused-ring (bicyclic) bond motifs is 1. The highest BCUT2D eigenvalue weighted by Crippen LogP contribution is 2.27. The van der Waals surface area contributed by atoms with Crippen LogP contribution in [-0.4, -0.2) is 10.9 Å². The summed E-state index contributed by atoms with van der Waals surface area (Å²) in [6.45, 7) is 0. The number of ketones is 1. The van der Waals surface area contributed by atoms with Crippen molar-refractivity contribution in [2.24, 2.45) is 0 Å². The molecule has 21 heavy (non-hydrogen) atoms.